The van der Waals surface area contributed by atoms with E-state index in [1.807, 2.05) is 0 Å². The summed E-state index contributed by atoms with van der Waals surface area (Å²) in [5, 5.41) is 0. The van der Waals surface area contributed by atoms with Gasteiger partial charge in [0, 0.05) is 25.2 Å². The molecule has 88 valence electrons. The number of nitrogens with two attached hydrogens (primary N) is 1. The molecule has 3 heteroatoms. The second kappa shape index (κ2) is 5.28. The number of morpholine rings is 1. The molecule has 0 bridgehead atoms. The Balaban J connectivity index is 1.99. The standard InChI is InChI=1S/C12H24N2O/c1-2-4-10(9-13)14-7-8-15-12-6-3-5-11(12)14/h10-12H,2-9,13H2,1H3. The Morgan fingerprint density at radius 3 is 3.07 bits per heavy atom. The van der Waals surface area contributed by atoms with Crippen LogP contribution in [0.25, 0.3) is 0 Å². The van der Waals surface area contributed by atoms with Gasteiger partial charge in [0.15, 0.2) is 0 Å². The van der Waals surface area contributed by atoms with E-state index in [0.717, 1.165) is 19.7 Å². The molecule has 1 aliphatic heterocycles. The summed E-state index contributed by atoms with van der Waals surface area (Å²) in [6.45, 7) is 5.04. The van der Waals surface area contributed by atoms with Crippen LogP contribution in [0.5, 0.6) is 0 Å². The first-order valence-electron chi connectivity index (χ1n) is 6.44. The van der Waals surface area contributed by atoms with Gasteiger partial charge < -0.3 is 10.5 Å². The minimum atomic E-state index is 0.504. The van der Waals surface area contributed by atoms with Crippen molar-refractivity contribution < 1.29 is 4.74 Å². The molecule has 0 aromatic carbocycles. The Morgan fingerprint density at radius 2 is 2.33 bits per heavy atom. The van der Waals surface area contributed by atoms with E-state index in [0.29, 0.717) is 18.2 Å². The highest BCUT2D eigenvalue weighted by Gasteiger charge is 2.38. The lowest BCUT2D eigenvalue weighted by Gasteiger charge is -2.42. The van der Waals surface area contributed by atoms with E-state index in [-0.39, 0.29) is 0 Å². The molecule has 2 N–H and O–H groups in total. The van der Waals surface area contributed by atoms with Gasteiger partial charge in [-0.15, -0.1) is 0 Å². The van der Waals surface area contributed by atoms with Crippen LogP contribution in [0.1, 0.15) is 39.0 Å². The molecule has 0 aromatic heterocycles. The summed E-state index contributed by atoms with van der Waals surface area (Å²) in [6, 6.07) is 1.25. The lowest BCUT2D eigenvalue weighted by molar-refractivity contribution is -0.0714. The van der Waals surface area contributed by atoms with Crippen LogP contribution in [0.3, 0.4) is 0 Å². The van der Waals surface area contributed by atoms with Crippen LogP contribution in [0.4, 0.5) is 0 Å². The van der Waals surface area contributed by atoms with Crippen molar-refractivity contribution in [3.05, 3.63) is 0 Å². The predicted molar refractivity (Wildman–Crippen MR) is 61.8 cm³/mol. The van der Waals surface area contributed by atoms with Gasteiger partial charge in [0.05, 0.1) is 12.7 Å². The largest absolute Gasteiger partial charge is 0.375 e. The van der Waals surface area contributed by atoms with Gasteiger partial charge in [-0.05, 0) is 25.7 Å². The number of hydrogen-bond acceptors (Lipinski definition) is 3. The van der Waals surface area contributed by atoms with Gasteiger partial charge >= 0.3 is 0 Å². The number of fused-ring (bicyclic) bond motifs is 1. The van der Waals surface area contributed by atoms with E-state index < -0.39 is 0 Å². The zero-order valence-electron chi connectivity index (χ0n) is 9.82. The van der Waals surface area contributed by atoms with Crippen molar-refractivity contribution in [2.24, 2.45) is 5.73 Å². The highest BCUT2D eigenvalue weighted by Crippen LogP contribution is 2.31. The van der Waals surface area contributed by atoms with E-state index in [1.54, 1.807) is 0 Å². The van der Waals surface area contributed by atoms with Crippen LogP contribution in [0.15, 0.2) is 0 Å². The smallest absolute Gasteiger partial charge is 0.0731 e. The first-order valence-corrected chi connectivity index (χ1v) is 6.44. The van der Waals surface area contributed by atoms with Crippen LogP contribution >= 0.6 is 0 Å². The maximum Gasteiger partial charge on any atom is 0.0731 e. The SMILES string of the molecule is CCCC(CN)N1CCOC2CCCC21. The molecule has 2 aliphatic rings. The third-order valence-corrected chi connectivity index (χ3v) is 3.89. The van der Waals surface area contributed by atoms with Gasteiger partial charge in [-0.2, -0.15) is 0 Å². The maximum absolute atomic E-state index is 5.89. The Hall–Kier alpha value is -0.120. The molecule has 0 amide bonds. The number of nitrogens with zero attached hydrogens (tertiary/aromatic N) is 1. The summed E-state index contributed by atoms with van der Waals surface area (Å²) in [5.74, 6) is 0. The van der Waals surface area contributed by atoms with Crippen molar-refractivity contribution in [2.75, 3.05) is 19.7 Å². The molecule has 1 aliphatic carbocycles. The van der Waals surface area contributed by atoms with Crippen molar-refractivity contribution in [3.63, 3.8) is 0 Å². The van der Waals surface area contributed by atoms with Crippen LogP contribution in [0.2, 0.25) is 0 Å². The van der Waals surface area contributed by atoms with Gasteiger partial charge in [-0.1, -0.05) is 13.3 Å². The van der Waals surface area contributed by atoms with Crippen molar-refractivity contribution in [1.29, 1.82) is 0 Å². The van der Waals surface area contributed by atoms with Gasteiger partial charge in [0.1, 0.15) is 0 Å². The fraction of sp³-hybridized carbons (Fsp3) is 1.00. The van der Waals surface area contributed by atoms with Crippen LogP contribution in [-0.4, -0.2) is 42.8 Å². The Labute approximate surface area is 93.0 Å². The quantitative estimate of drug-likeness (QED) is 0.765. The second-order valence-corrected chi connectivity index (χ2v) is 4.82. The summed E-state index contributed by atoms with van der Waals surface area (Å²) in [5.41, 5.74) is 5.89. The lowest BCUT2D eigenvalue weighted by Crippen LogP contribution is -2.55. The summed E-state index contributed by atoms with van der Waals surface area (Å²) >= 11 is 0. The maximum atomic E-state index is 5.89. The minimum absolute atomic E-state index is 0.504. The summed E-state index contributed by atoms with van der Waals surface area (Å²) in [7, 11) is 0. The van der Waals surface area contributed by atoms with Crippen molar-refractivity contribution >= 4 is 0 Å². The Bertz CT molecular complexity index is 198. The zero-order valence-corrected chi connectivity index (χ0v) is 9.82. The first-order chi connectivity index (χ1) is 7.36. The Kier molecular flexibility index (Phi) is 4.00. The fourth-order valence-corrected chi connectivity index (χ4v) is 3.16. The third-order valence-electron chi connectivity index (χ3n) is 3.89. The number of ether oxygens (including phenoxy) is 1. The van der Waals surface area contributed by atoms with E-state index in [9.17, 15) is 0 Å². The van der Waals surface area contributed by atoms with Gasteiger partial charge in [0.25, 0.3) is 0 Å². The molecule has 0 aromatic rings. The molecule has 0 radical (unpaired) electrons. The normalized spacial score (nSPS) is 34.0. The van der Waals surface area contributed by atoms with Crippen molar-refractivity contribution in [3.8, 4) is 0 Å². The first kappa shape index (κ1) is 11.4. The van der Waals surface area contributed by atoms with Crippen molar-refractivity contribution in [2.45, 2.75) is 57.2 Å². The number of rotatable bonds is 4. The van der Waals surface area contributed by atoms with Gasteiger partial charge in [-0.3, -0.25) is 4.90 Å². The monoisotopic (exact) mass is 212 g/mol. The molecular formula is C12H24N2O. The van der Waals surface area contributed by atoms with E-state index in [4.69, 9.17) is 10.5 Å². The Morgan fingerprint density at radius 1 is 1.47 bits per heavy atom. The molecule has 1 saturated carbocycles. The lowest BCUT2D eigenvalue weighted by atomic mass is 10.0. The molecule has 15 heavy (non-hydrogen) atoms. The molecule has 1 heterocycles. The number of hydrogen-bond donors (Lipinski definition) is 1. The molecule has 0 spiro atoms. The highest BCUT2D eigenvalue weighted by atomic mass is 16.5. The highest BCUT2D eigenvalue weighted by molar-refractivity contribution is 4.92. The second-order valence-electron chi connectivity index (χ2n) is 4.82. The van der Waals surface area contributed by atoms with E-state index in [1.165, 1.54) is 32.1 Å². The molecule has 2 rings (SSSR count). The van der Waals surface area contributed by atoms with E-state index in [2.05, 4.69) is 11.8 Å². The minimum Gasteiger partial charge on any atom is -0.375 e. The average molecular weight is 212 g/mol. The van der Waals surface area contributed by atoms with Crippen molar-refractivity contribution in [1.82, 2.24) is 4.90 Å². The van der Waals surface area contributed by atoms with Gasteiger partial charge in [0.2, 0.25) is 0 Å². The van der Waals surface area contributed by atoms with Crippen LogP contribution in [-0.2, 0) is 4.74 Å². The third kappa shape index (κ3) is 2.35. The molecular weight excluding hydrogens is 188 g/mol. The van der Waals surface area contributed by atoms with E-state index >= 15 is 0 Å². The van der Waals surface area contributed by atoms with Crippen LogP contribution < -0.4 is 5.73 Å². The van der Waals surface area contributed by atoms with Gasteiger partial charge in [-0.25, -0.2) is 0 Å². The zero-order chi connectivity index (χ0) is 10.7. The molecule has 3 nitrogen and oxygen atoms in total. The topological polar surface area (TPSA) is 38.5 Å². The fourth-order valence-electron chi connectivity index (χ4n) is 3.16. The average Bonchev–Trinajstić information content (AvgIpc) is 2.73. The summed E-state index contributed by atoms with van der Waals surface area (Å²) < 4.78 is 5.82. The summed E-state index contributed by atoms with van der Waals surface area (Å²) in [4.78, 5) is 2.63. The van der Waals surface area contributed by atoms with Crippen LogP contribution in [0, 0.1) is 0 Å². The summed E-state index contributed by atoms with van der Waals surface area (Å²) in [6.07, 6.45) is 6.87. The molecule has 1 saturated heterocycles. The predicted octanol–water partition coefficient (Wildman–Crippen LogP) is 1.37. The molecule has 3 atom stereocenters. The molecule has 2 fully saturated rings. The molecule has 3 unspecified atom stereocenters.